The first-order valence-corrected chi connectivity index (χ1v) is 8.92. The molecule has 0 aliphatic carbocycles. The van der Waals surface area contributed by atoms with E-state index in [1.165, 1.54) is 0 Å². The van der Waals surface area contributed by atoms with Crippen LogP contribution in [-0.2, 0) is 11.2 Å². The zero-order valence-corrected chi connectivity index (χ0v) is 14.5. The molecule has 25 heavy (non-hydrogen) atoms. The number of nitrogens with one attached hydrogen (secondary N) is 2. The van der Waals surface area contributed by atoms with Gasteiger partial charge in [0.25, 0.3) is 0 Å². The molecule has 1 atom stereocenters. The molecule has 130 valence electrons. The van der Waals surface area contributed by atoms with E-state index in [-0.39, 0.29) is 5.91 Å². The SMILES string of the molecule is Cc1cc([C@@H]2CCCN(C(=O)CCc3nc4ccccc4[nH]3)C2)n[nH]1. The van der Waals surface area contributed by atoms with Crippen LogP contribution in [0.5, 0.6) is 0 Å². The van der Waals surface area contributed by atoms with Crippen LogP contribution in [-0.4, -0.2) is 44.1 Å². The summed E-state index contributed by atoms with van der Waals surface area (Å²) < 4.78 is 0. The minimum Gasteiger partial charge on any atom is -0.342 e. The molecule has 2 N–H and O–H groups in total. The van der Waals surface area contributed by atoms with E-state index in [2.05, 4.69) is 26.2 Å². The number of piperidine rings is 1. The molecule has 0 spiro atoms. The molecule has 1 aromatic carbocycles. The predicted molar refractivity (Wildman–Crippen MR) is 96.3 cm³/mol. The molecule has 4 rings (SSSR count). The number of benzene rings is 1. The van der Waals surface area contributed by atoms with Gasteiger partial charge in [-0.05, 0) is 38.0 Å². The Balaban J connectivity index is 1.37. The van der Waals surface area contributed by atoms with Crippen molar-refractivity contribution >= 4 is 16.9 Å². The van der Waals surface area contributed by atoms with E-state index in [4.69, 9.17) is 0 Å². The van der Waals surface area contributed by atoms with E-state index in [1.54, 1.807) is 0 Å². The Morgan fingerprint density at radius 1 is 1.36 bits per heavy atom. The van der Waals surface area contributed by atoms with Gasteiger partial charge in [-0.1, -0.05) is 12.1 Å². The van der Waals surface area contributed by atoms with E-state index in [0.717, 1.165) is 54.2 Å². The number of nitrogens with zero attached hydrogens (tertiary/aromatic N) is 3. The average Bonchev–Trinajstić information content (AvgIpc) is 3.25. The van der Waals surface area contributed by atoms with Crippen molar-refractivity contribution in [1.82, 2.24) is 25.1 Å². The van der Waals surface area contributed by atoms with Gasteiger partial charge in [0.05, 0.1) is 16.7 Å². The molecule has 0 unspecified atom stereocenters. The quantitative estimate of drug-likeness (QED) is 0.768. The summed E-state index contributed by atoms with van der Waals surface area (Å²) in [7, 11) is 0. The molecule has 6 heteroatoms. The third kappa shape index (κ3) is 3.43. The predicted octanol–water partition coefficient (Wildman–Crippen LogP) is 2.93. The Morgan fingerprint density at radius 3 is 3.04 bits per heavy atom. The molecule has 3 heterocycles. The van der Waals surface area contributed by atoms with Gasteiger partial charge in [-0.25, -0.2) is 4.98 Å². The van der Waals surface area contributed by atoms with Gasteiger partial charge in [-0.2, -0.15) is 5.10 Å². The second-order valence-corrected chi connectivity index (χ2v) is 6.86. The van der Waals surface area contributed by atoms with Crippen molar-refractivity contribution in [1.29, 1.82) is 0 Å². The zero-order chi connectivity index (χ0) is 17.2. The third-order valence-electron chi connectivity index (χ3n) is 4.93. The number of fused-ring (bicyclic) bond motifs is 1. The lowest BCUT2D eigenvalue weighted by Crippen LogP contribution is -2.39. The van der Waals surface area contributed by atoms with Crippen LogP contribution in [0.25, 0.3) is 11.0 Å². The lowest BCUT2D eigenvalue weighted by Gasteiger charge is -2.32. The van der Waals surface area contributed by atoms with Crippen LogP contribution in [0.1, 0.15) is 42.4 Å². The topological polar surface area (TPSA) is 77.7 Å². The first kappa shape index (κ1) is 15.9. The number of carbonyl (C=O) groups excluding carboxylic acids is 1. The van der Waals surface area contributed by atoms with Crippen LogP contribution in [0.4, 0.5) is 0 Å². The third-order valence-corrected chi connectivity index (χ3v) is 4.93. The van der Waals surface area contributed by atoms with E-state index < -0.39 is 0 Å². The van der Waals surface area contributed by atoms with Crippen molar-refractivity contribution in [2.45, 2.75) is 38.5 Å². The normalized spacial score (nSPS) is 18.0. The zero-order valence-electron chi connectivity index (χ0n) is 14.5. The Hall–Kier alpha value is -2.63. The fourth-order valence-electron chi connectivity index (χ4n) is 3.60. The Kier molecular flexibility index (Phi) is 4.26. The van der Waals surface area contributed by atoms with Crippen LogP contribution in [0.15, 0.2) is 30.3 Å². The Morgan fingerprint density at radius 2 is 2.24 bits per heavy atom. The van der Waals surface area contributed by atoms with Crippen LogP contribution < -0.4 is 0 Å². The summed E-state index contributed by atoms with van der Waals surface area (Å²) in [5.41, 5.74) is 4.13. The second kappa shape index (κ2) is 6.70. The molecule has 1 aliphatic heterocycles. The highest BCUT2D eigenvalue weighted by Gasteiger charge is 2.26. The van der Waals surface area contributed by atoms with Gasteiger partial charge in [0, 0.05) is 37.5 Å². The molecule has 1 aliphatic rings. The lowest BCUT2D eigenvalue weighted by molar-refractivity contribution is -0.132. The number of likely N-dealkylation sites (tertiary alicyclic amines) is 1. The number of H-pyrrole nitrogens is 2. The molecular weight excluding hydrogens is 314 g/mol. The van der Waals surface area contributed by atoms with Gasteiger partial charge in [-0.15, -0.1) is 0 Å². The standard InChI is InChI=1S/C19H23N5O/c1-13-11-17(23-22-13)14-5-4-10-24(12-14)19(25)9-8-18-20-15-6-2-3-7-16(15)21-18/h2-3,6-7,11,14H,4-5,8-10,12H2,1H3,(H,20,21)(H,22,23)/t14-/m1/s1. The number of hydrogen-bond donors (Lipinski definition) is 2. The monoisotopic (exact) mass is 337 g/mol. The van der Waals surface area contributed by atoms with E-state index >= 15 is 0 Å². The minimum atomic E-state index is 0.206. The molecule has 1 amide bonds. The fourth-order valence-corrected chi connectivity index (χ4v) is 3.60. The number of amides is 1. The molecule has 0 radical (unpaired) electrons. The maximum absolute atomic E-state index is 12.6. The van der Waals surface area contributed by atoms with E-state index in [0.29, 0.717) is 18.8 Å². The van der Waals surface area contributed by atoms with Gasteiger partial charge < -0.3 is 9.88 Å². The van der Waals surface area contributed by atoms with Gasteiger partial charge in [-0.3, -0.25) is 9.89 Å². The maximum atomic E-state index is 12.6. The van der Waals surface area contributed by atoms with E-state index in [9.17, 15) is 4.79 Å². The molecule has 0 saturated carbocycles. The highest BCUT2D eigenvalue weighted by Crippen LogP contribution is 2.26. The van der Waals surface area contributed by atoms with Crippen molar-refractivity contribution in [3.63, 3.8) is 0 Å². The summed E-state index contributed by atoms with van der Waals surface area (Å²) in [5, 5.41) is 7.38. The van der Waals surface area contributed by atoms with Crippen LogP contribution in [0.2, 0.25) is 0 Å². The number of aryl methyl sites for hydroxylation is 2. The van der Waals surface area contributed by atoms with Crippen molar-refractivity contribution in [2.75, 3.05) is 13.1 Å². The summed E-state index contributed by atoms with van der Waals surface area (Å²) in [6.45, 7) is 3.62. The summed E-state index contributed by atoms with van der Waals surface area (Å²) in [4.78, 5) is 22.5. The number of imidazole rings is 1. The molecule has 3 aromatic rings. The maximum Gasteiger partial charge on any atom is 0.223 e. The summed E-state index contributed by atoms with van der Waals surface area (Å²) in [6.07, 6.45) is 3.27. The van der Waals surface area contributed by atoms with Crippen LogP contribution >= 0.6 is 0 Å². The number of hydrogen-bond acceptors (Lipinski definition) is 3. The number of rotatable bonds is 4. The number of para-hydroxylation sites is 2. The van der Waals surface area contributed by atoms with Gasteiger partial charge in [0.1, 0.15) is 5.82 Å². The van der Waals surface area contributed by atoms with Crippen molar-refractivity contribution in [2.24, 2.45) is 0 Å². The first-order chi connectivity index (χ1) is 12.2. The van der Waals surface area contributed by atoms with Crippen molar-refractivity contribution < 1.29 is 4.79 Å². The van der Waals surface area contributed by atoms with Crippen molar-refractivity contribution in [3.8, 4) is 0 Å². The van der Waals surface area contributed by atoms with Crippen molar-refractivity contribution in [3.05, 3.63) is 47.5 Å². The molecule has 2 aromatic heterocycles. The average molecular weight is 337 g/mol. The number of carbonyl (C=O) groups is 1. The molecule has 0 bridgehead atoms. The molecule has 1 fully saturated rings. The highest BCUT2D eigenvalue weighted by atomic mass is 16.2. The lowest BCUT2D eigenvalue weighted by atomic mass is 9.94. The summed E-state index contributed by atoms with van der Waals surface area (Å²) in [6, 6.07) is 10.0. The Bertz CT molecular complexity index is 848. The van der Waals surface area contributed by atoms with E-state index in [1.807, 2.05) is 36.1 Å². The number of aromatic amines is 2. The largest absolute Gasteiger partial charge is 0.342 e. The van der Waals surface area contributed by atoms with Gasteiger partial charge in [0.15, 0.2) is 0 Å². The summed E-state index contributed by atoms with van der Waals surface area (Å²) >= 11 is 0. The van der Waals surface area contributed by atoms with Gasteiger partial charge >= 0.3 is 0 Å². The van der Waals surface area contributed by atoms with Crippen LogP contribution in [0.3, 0.4) is 0 Å². The second-order valence-electron chi connectivity index (χ2n) is 6.86. The first-order valence-electron chi connectivity index (χ1n) is 8.92. The molecular formula is C19H23N5O. The Labute approximate surface area is 146 Å². The molecule has 6 nitrogen and oxygen atoms in total. The van der Waals surface area contributed by atoms with Gasteiger partial charge in [0.2, 0.25) is 5.91 Å². The molecule has 1 saturated heterocycles. The number of aromatic nitrogens is 4. The fraction of sp³-hybridized carbons (Fsp3) is 0.421. The highest BCUT2D eigenvalue weighted by molar-refractivity contribution is 5.77. The minimum absolute atomic E-state index is 0.206. The van der Waals surface area contributed by atoms with Crippen LogP contribution in [0, 0.1) is 6.92 Å². The smallest absolute Gasteiger partial charge is 0.223 e. The summed E-state index contributed by atoms with van der Waals surface area (Å²) in [5.74, 6) is 1.43.